The van der Waals surface area contributed by atoms with Crippen LogP contribution in [0.5, 0.6) is 11.5 Å². The molecule has 0 N–H and O–H groups in total. The van der Waals surface area contributed by atoms with Gasteiger partial charge in [0.25, 0.3) is 5.91 Å². The number of aromatic nitrogens is 1. The van der Waals surface area contributed by atoms with Crippen LogP contribution in [0.1, 0.15) is 40.2 Å². The first-order valence-corrected chi connectivity index (χ1v) is 9.17. The Labute approximate surface area is 163 Å². The molecule has 2 aromatic rings. The Bertz CT molecular complexity index is 835. The molecular weight excluding hydrogens is 364 g/mol. The number of amides is 1. The minimum Gasteiger partial charge on any atom is -0.493 e. The molecule has 1 saturated heterocycles. The molecule has 8 heteroatoms. The number of hydrogen-bond donors (Lipinski definition) is 0. The highest BCUT2D eigenvalue weighted by Gasteiger charge is 2.20. The quantitative estimate of drug-likeness (QED) is 0.674. The summed E-state index contributed by atoms with van der Waals surface area (Å²) in [5.41, 5.74) is 1.92. The van der Waals surface area contributed by atoms with Gasteiger partial charge in [-0.1, -0.05) is 5.16 Å². The highest BCUT2D eigenvalue weighted by atomic mass is 16.5. The van der Waals surface area contributed by atoms with E-state index in [-0.39, 0.29) is 24.7 Å². The van der Waals surface area contributed by atoms with Crippen molar-refractivity contribution in [2.24, 2.45) is 0 Å². The van der Waals surface area contributed by atoms with Gasteiger partial charge in [-0.2, -0.15) is 0 Å². The molecule has 28 heavy (non-hydrogen) atoms. The number of methoxy groups -OCH3 is 1. The number of carbonyl (C=O) groups excluding carboxylic acids is 2. The number of hydrogen-bond acceptors (Lipinski definition) is 7. The zero-order valence-electron chi connectivity index (χ0n) is 16.3. The van der Waals surface area contributed by atoms with E-state index in [2.05, 4.69) is 5.16 Å². The molecule has 1 aromatic carbocycles. The summed E-state index contributed by atoms with van der Waals surface area (Å²) in [4.78, 5) is 26.0. The predicted molar refractivity (Wildman–Crippen MR) is 99.4 cm³/mol. The second kappa shape index (κ2) is 8.77. The van der Waals surface area contributed by atoms with Crippen molar-refractivity contribution in [3.63, 3.8) is 0 Å². The third-order valence-electron chi connectivity index (χ3n) is 4.74. The lowest BCUT2D eigenvalue weighted by Crippen LogP contribution is -2.32. The van der Waals surface area contributed by atoms with Crippen LogP contribution in [0, 0.1) is 13.8 Å². The standard InChI is InChI=1S/C20H24N2O6/c1-13-16(14(2)28-21-13)11-26-17-7-6-15(10-18(17)25-3)20(24)27-12-19(23)22-8-4-5-9-22/h6-7,10H,4-5,8-9,11-12H2,1-3H3. The molecule has 1 amide bonds. The van der Waals surface area contributed by atoms with E-state index in [0.29, 0.717) is 17.3 Å². The van der Waals surface area contributed by atoms with Crippen molar-refractivity contribution in [3.8, 4) is 11.5 Å². The molecule has 0 saturated carbocycles. The normalized spacial score (nSPS) is 13.5. The first kappa shape index (κ1) is 19.7. The molecule has 0 aliphatic carbocycles. The molecule has 1 aromatic heterocycles. The molecule has 0 spiro atoms. The number of benzene rings is 1. The van der Waals surface area contributed by atoms with E-state index in [9.17, 15) is 9.59 Å². The Morgan fingerprint density at radius 2 is 1.93 bits per heavy atom. The van der Waals surface area contributed by atoms with Crippen LogP contribution < -0.4 is 9.47 Å². The van der Waals surface area contributed by atoms with Gasteiger partial charge in [-0.25, -0.2) is 4.79 Å². The van der Waals surface area contributed by atoms with Crippen LogP contribution in [-0.2, 0) is 16.1 Å². The van der Waals surface area contributed by atoms with Gasteiger partial charge in [0.1, 0.15) is 12.4 Å². The molecule has 1 aliphatic heterocycles. The Morgan fingerprint density at radius 3 is 2.57 bits per heavy atom. The van der Waals surface area contributed by atoms with Gasteiger partial charge in [0, 0.05) is 13.1 Å². The Balaban J connectivity index is 1.61. The third kappa shape index (κ3) is 4.44. The summed E-state index contributed by atoms with van der Waals surface area (Å²) in [5, 5.41) is 3.89. The number of nitrogens with zero attached hydrogens (tertiary/aromatic N) is 2. The van der Waals surface area contributed by atoms with Gasteiger partial charge in [-0.05, 0) is 44.9 Å². The van der Waals surface area contributed by atoms with E-state index in [0.717, 1.165) is 37.2 Å². The van der Waals surface area contributed by atoms with E-state index in [1.165, 1.54) is 13.2 Å². The largest absolute Gasteiger partial charge is 0.493 e. The molecule has 150 valence electrons. The minimum absolute atomic E-state index is 0.169. The molecule has 3 rings (SSSR count). The van der Waals surface area contributed by atoms with Gasteiger partial charge < -0.3 is 23.6 Å². The third-order valence-corrected chi connectivity index (χ3v) is 4.74. The average Bonchev–Trinajstić information content (AvgIpc) is 3.35. The Morgan fingerprint density at radius 1 is 1.18 bits per heavy atom. The predicted octanol–water partition coefficient (Wildman–Crippen LogP) is 2.66. The minimum atomic E-state index is -0.580. The fourth-order valence-corrected chi connectivity index (χ4v) is 3.04. The molecule has 2 heterocycles. The zero-order chi connectivity index (χ0) is 20.1. The second-order valence-corrected chi connectivity index (χ2v) is 6.62. The molecular formula is C20H24N2O6. The Hall–Kier alpha value is -3.03. The topological polar surface area (TPSA) is 91.1 Å². The highest BCUT2D eigenvalue weighted by Crippen LogP contribution is 2.29. The maximum absolute atomic E-state index is 12.3. The van der Waals surface area contributed by atoms with Gasteiger partial charge in [-0.15, -0.1) is 0 Å². The monoisotopic (exact) mass is 388 g/mol. The highest BCUT2D eigenvalue weighted by molar-refractivity contribution is 5.92. The molecule has 1 fully saturated rings. The first-order valence-electron chi connectivity index (χ1n) is 9.17. The van der Waals surface area contributed by atoms with Gasteiger partial charge in [-0.3, -0.25) is 4.79 Å². The summed E-state index contributed by atoms with van der Waals surface area (Å²) in [6.07, 6.45) is 1.98. The van der Waals surface area contributed by atoms with Gasteiger partial charge in [0.15, 0.2) is 18.1 Å². The van der Waals surface area contributed by atoms with E-state index >= 15 is 0 Å². The summed E-state index contributed by atoms with van der Waals surface area (Å²) < 4.78 is 21.4. The van der Waals surface area contributed by atoms with E-state index in [1.807, 2.05) is 13.8 Å². The summed E-state index contributed by atoms with van der Waals surface area (Å²) in [5.74, 6) is 0.818. The lowest BCUT2D eigenvalue weighted by molar-refractivity contribution is -0.133. The van der Waals surface area contributed by atoms with Crippen molar-refractivity contribution in [2.75, 3.05) is 26.8 Å². The maximum atomic E-state index is 12.3. The van der Waals surface area contributed by atoms with Crippen molar-refractivity contribution in [1.82, 2.24) is 10.1 Å². The van der Waals surface area contributed by atoms with Crippen LogP contribution >= 0.6 is 0 Å². The molecule has 8 nitrogen and oxygen atoms in total. The number of carbonyl (C=O) groups is 2. The Kier molecular flexibility index (Phi) is 6.18. The second-order valence-electron chi connectivity index (χ2n) is 6.62. The zero-order valence-corrected chi connectivity index (χ0v) is 16.3. The van der Waals surface area contributed by atoms with E-state index < -0.39 is 5.97 Å². The van der Waals surface area contributed by atoms with Crippen LogP contribution in [0.15, 0.2) is 22.7 Å². The van der Waals surface area contributed by atoms with Crippen LogP contribution in [0.25, 0.3) is 0 Å². The van der Waals surface area contributed by atoms with E-state index in [4.69, 9.17) is 18.7 Å². The van der Waals surface area contributed by atoms with Crippen molar-refractivity contribution in [3.05, 3.63) is 40.8 Å². The lowest BCUT2D eigenvalue weighted by Gasteiger charge is -2.15. The SMILES string of the molecule is COc1cc(C(=O)OCC(=O)N2CCCC2)ccc1OCc1c(C)noc1C. The summed E-state index contributed by atoms with van der Waals surface area (Å²) in [6.45, 7) is 5.12. The molecule has 0 radical (unpaired) electrons. The summed E-state index contributed by atoms with van der Waals surface area (Å²) >= 11 is 0. The van der Waals surface area contributed by atoms with Crippen LogP contribution in [0.3, 0.4) is 0 Å². The van der Waals surface area contributed by atoms with Crippen molar-refractivity contribution < 1.29 is 28.3 Å². The number of aryl methyl sites for hydroxylation is 2. The average molecular weight is 388 g/mol. The number of rotatable bonds is 7. The molecule has 0 bridgehead atoms. The molecule has 1 aliphatic rings. The van der Waals surface area contributed by atoms with Gasteiger partial charge in [0.2, 0.25) is 0 Å². The number of esters is 1. The van der Waals surface area contributed by atoms with E-state index in [1.54, 1.807) is 17.0 Å². The van der Waals surface area contributed by atoms with Crippen molar-refractivity contribution >= 4 is 11.9 Å². The van der Waals surface area contributed by atoms with Crippen LogP contribution in [-0.4, -0.2) is 48.7 Å². The fraction of sp³-hybridized carbons (Fsp3) is 0.450. The molecule has 0 atom stereocenters. The van der Waals surface area contributed by atoms with Crippen LogP contribution in [0.4, 0.5) is 0 Å². The lowest BCUT2D eigenvalue weighted by atomic mass is 10.2. The van der Waals surface area contributed by atoms with Crippen molar-refractivity contribution in [1.29, 1.82) is 0 Å². The van der Waals surface area contributed by atoms with Crippen LogP contribution in [0.2, 0.25) is 0 Å². The first-order chi connectivity index (χ1) is 13.5. The smallest absolute Gasteiger partial charge is 0.338 e. The maximum Gasteiger partial charge on any atom is 0.338 e. The number of likely N-dealkylation sites (tertiary alicyclic amines) is 1. The number of ether oxygens (including phenoxy) is 3. The summed E-state index contributed by atoms with van der Waals surface area (Å²) in [6, 6.07) is 4.75. The fourth-order valence-electron chi connectivity index (χ4n) is 3.04. The van der Waals surface area contributed by atoms with Gasteiger partial charge in [0.05, 0.1) is 23.9 Å². The molecule has 0 unspecified atom stereocenters. The van der Waals surface area contributed by atoms with Gasteiger partial charge >= 0.3 is 5.97 Å². The van der Waals surface area contributed by atoms with Crippen molar-refractivity contribution in [2.45, 2.75) is 33.3 Å². The summed E-state index contributed by atoms with van der Waals surface area (Å²) in [7, 11) is 1.49.